The fourth-order valence-corrected chi connectivity index (χ4v) is 4.82. The summed E-state index contributed by atoms with van der Waals surface area (Å²) in [7, 11) is 1.72. The summed E-state index contributed by atoms with van der Waals surface area (Å²) in [6, 6.07) is 7.95. The lowest BCUT2D eigenvalue weighted by molar-refractivity contribution is 0.346. The molecule has 0 radical (unpaired) electrons. The van der Waals surface area contributed by atoms with E-state index in [1.807, 2.05) is 6.07 Å². The molecular weight excluding hydrogens is 381 g/mol. The first-order valence-electron chi connectivity index (χ1n) is 10.4. The molecule has 1 atom stereocenters. The number of hydrogen-bond acceptors (Lipinski definition) is 5. The molecule has 1 unspecified atom stereocenters. The van der Waals surface area contributed by atoms with Crippen molar-refractivity contribution in [3.63, 3.8) is 0 Å². The topological polar surface area (TPSA) is 75.9 Å². The minimum Gasteiger partial charge on any atom is -0.504 e. The largest absolute Gasteiger partial charge is 0.504 e. The van der Waals surface area contributed by atoms with Gasteiger partial charge >= 0.3 is 0 Å². The molecule has 7 heteroatoms. The maximum atomic E-state index is 14.6. The smallest absolute Gasteiger partial charge is 0.193 e. The molecule has 0 amide bonds. The lowest BCUT2D eigenvalue weighted by Gasteiger charge is -2.30. The third-order valence-electron chi connectivity index (χ3n) is 6.63. The highest BCUT2D eigenvalue weighted by atomic mass is 19.1. The number of hydrogen-bond donors (Lipinski definition) is 2. The van der Waals surface area contributed by atoms with Crippen molar-refractivity contribution < 1.29 is 9.50 Å². The van der Waals surface area contributed by atoms with Gasteiger partial charge in [0.1, 0.15) is 5.52 Å². The summed E-state index contributed by atoms with van der Waals surface area (Å²) < 4.78 is 16.1. The van der Waals surface area contributed by atoms with Crippen LogP contribution in [0.2, 0.25) is 0 Å². The lowest BCUT2D eigenvalue weighted by Crippen LogP contribution is -2.39. The number of phenols is 1. The molecule has 152 valence electrons. The number of piperidine rings is 1. The van der Waals surface area contributed by atoms with Crippen LogP contribution in [0.4, 0.5) is 4.39 Å². The van der Waals surface area contributed by atoms with Crippen LogP contribution in [0.15, 0.2) is 36.7 Å². The predicted molar refractivity (Wildman–Crippen MR) is 113 cm³/mol. The Morgan fingerprint density at radius 3 is 2.93 bits per heavy atom. The van der Waals surface area contributed by atoms with E-state index in [0.29, 0.717) is 28.1 Å². The standard InChI is InChI=1S/C23H22FN5O/c1-29-12-15-8-16(22(30)20(24)21(15)28-29)19-11-25-18-9-13(2-3-17(18)27-19)14-4-7-26-23(10-14)5-6-23/h2-3,8-9,11-12,14,26,30H,4-7,10H2,1H3. The van der Waals surface area contributed by atoms with Crippen LogP contribution in [0, 0.1) is 5.82 Å². The summed E-state index contributed by atoms with van der Waals surface area (Å²) in [6.07, 6.45) is 8.20. The second kappa shape index (κ2) is 6.22. The van der Waals surface area contributed by atoms with Crippen molar-refractivity contribution in [3.05, 3.63) is 48.0 Å². The molecule has 2 aliphatic rings. The highest BCUT2D eigenvalue weighted by Gasteiger charge is 2.45. The van der Waals surface area contributed by atoms with Crippen molar-refractivity contribution in [2.24, 2.45) is 7.05 Å². The van der Waals surface area contributed by atoms with Gasteiger partial charge < -0.3 is 10.4 Å². The van der Waals surface area contributed by atoms with E-state index in [4.69, 9.17) is 0 Å². The third kappa shape index (κ3) is 2.76. The molecule has 30 heavy (non-hydrogen) atoms. The van der Waals surface area contributed by atoms with Crippen LogP contribution in [0.1, 0.15) is 37.2 Å². The van der Waals surface area contributed by atoms with E-state index in [9.17, 15) is 9.50 Å². The zero-order valence-electron chi connectivity index (χ0n) is 16.7. The van der Waals surface area contributed by atoms with Gasteiger partial charge in [-0.15, -0.1) is 0 Å². The van der Waals surface area contributed by atoms with Gasteiger partial charge in [0.05, 0.1) is 22.9 Å². The first-order chi connectivity index (χ1) is 14.5. The summed E-state index contributed by atoms with van der Waals surface area (Å²) in [5, 5.41) is 18.7. The number of nitrogens with zero attached hydrogens (tertiary/aromatic N) is 4. The molecule has 0 bridgehead atoms. The minimum atomic E-state index is -0.736. The zero-order chi connectivity index (χ0) is 20.5. The first kappa shape index (κ1) is 17.8. The molecule has 4 aromatic rings. The highest BCUT2D eigenvalue weighted by molar-refractivity contribution is 5.88. The third-order valence-corrected chi connectivity index (χ3v) is 6.63. The lowest BCUT2D eigenvalue weighted by atomic mass is 9.85. The summed E-state index contributed by atoms with van der Waals surface area (Å²) in [5.74, 6) is -0.637. The molecule has 2 fully saturated rings. The van der Waals surface area contributed by atoms with Crippen LogP contribution < -0.4 is 5.32 Å². The summed E-state index contributed by atoms with van der Waals surface area (Å²) >= 11 is 0. The van der Waals surface area contributed by atoms with E-state index in [1.54, 1.807) is 25.5 Å². The summed E-state index contributed by atoms with van der Waals surface area (Å²) in [6.45, 7) is 1.06. The van der Waals surface area contributed by atoms with E-state index in [-0.39, 0.29) is 5.52 Å². The molecule has 2 aromatic carbocycles. The molecule has 3 heterocycles. The molecule has 6 rings (SSSR count). The molecule has 1 aliphatic heterocycles. The second-order valence-corrected chi connectivity index (χ2v) is 8.73. The van der Waals surface area contributed by atoms with Crippen LogP contribution in [0.25, 0.3) is 33.2 Å². The van der Waals surface area contributed by atoms with Gasteiger partial charge in [-0.3, -0.25) is 9.67 Å². The Bertz CT molecular complexity index is 1310. The van der Waals surface area contributed by atoms with E-state index in [0.717, 1.165) is 24.0 Å². The average molecular weight is 403 g/mol. The van der Waals surface area contributed by atoms with Gasteiger partial charge in [0, 0.05) is 29.7 Å². The minimum absolute atomic E-state index is 0.146. The average Bonchev–Trinajstić information content (AvgIpc) is 3.38. The van der Waals surface area contributed by atoms with Crippen LogP contribution in [-0.4, -0.2) is 36.9 Å². The van der Waals surface area contributed by atoms with Crippen LogP contribution in [-0.2, 0) is 7.05 Å². The molecule has 6 nitrogen and oxygen atoms in total. The van der Waals surface area contributed by atoms with E-state index >= 15 is 0 Å². The van der Waals surface area contributed by atoms with Gasteiger partial charge in [-0.1, -0.05) is 6.07 Å². The Labute approximate surface area is 172 Å². The Hall–Kier alpha value is -3.06. The van der Waals surface area contributed by atoms with Crippen molar-refractivity contribution in [3.8, 4) is 17.0 Å². The number of fused-ring (bicyclic) bond motifs is 2. The van der Waals surface area contributed by atoms with Crippen molar-refractivity contribution in [1.82, 2.24) is 25.1 Å². The van der Waals surface area contributed by atoms with E-state index in [1.165, 1.54) is 29.5 Å². The van der Waals surface area contributed by atoms with Crippen molar-refractivity contribution >= 4 is 21.9 Å². The second-order valence-electron chi connectivity index (χ2n) is 8.73. The Kier molecular flexibility index (Phi) is 3.68. The number of rotatable bonds is 2. The molecule has 1 saturated heterocycles. The quantitative estimate of drug-likeness (QED) is 0.529. The van der Waals surface area contributed by atoms with Crippen molar-refractivity contribution in [2.45, 2.75) is 37.1 Å². The van der Waals surface area contributed by atoms with Crippen LogP contribution >= 0.6 is 0 Å². The Morgan fingerprint density at radius 2 is 2.10 bits per heavy atom. The van der Waals surface area contributed by atoms with E-state index in [2.05, 4.69) is 32.5 Å². The van der Waals surface area contributed by atoms with Gasteiger partial charge in [-0.25, -0.2) is 9.37 Å². The maximum Gasteiger partial charge on any atom is 0.193 e. The number of benzene rings is 2. The number of aromatic hydroxyl groups is 1. The van der Waals surface area contributed by atoms with Crippen LogP contribution in [0.3, 0.4) is 0 Å². The molecular formula is C23H22FN5O. The summed E-state index contributed by atoms with van der Waals surface area (Å²) in [4.78, 5) is 9.25. The normalized spacial score (nSPS) is 20.3. The van der Waals surface area contributed by atoms with Gasteiger partial charge in [0.2, 0.25) is 0 Å². The first-order valence-corrected chi connectivity index (χ1v) is 10.4. The van der Waals surface area contributed by atoms with Gasteiger partial charge in [-0.05, 0) is 61.9 Å². The zero-order valence-corrected chi connectivity index (χ0v) is 16.7. The van der Waals surface area contributed by atoms with Gasteiger partial charge in [0.15, 0.2) is 11.6 Å². The number of phenolic OH excluding ortho intramolecular Hbond substituents is 1. The van der Waals surface area contributed by atoms with Crippen molar-refractivity contribution in [2.75, 3.05) is 6.54 Å². The number of halogens is 1. The van der Waals surface area contributed by atoms with Gasteiger partial charge in [-0.2, -0.15) is 5.10 Å². The predicted octanol–water partition coefficient (Wildman–Crippen LogP) is 4.03. The fraction of sp³-hybridized carbons (Fsp3) is 0.348. The van der Waals surface area contributed by atoms with Crippen molar-refractivity contribution in [1.29, 1.82) is 0 Å². The number of nitrogens with one attached hydrogen (secondary N) is 1. The molecule has 1 saturated carbocycles. The molecule has 2 N–H and O–H groups in total. The number of aromatic nitrogens is 4. The highest BCUT2D eigenvalue weighted by Crippen LogP contribution is 2.47. The van der Waals surface area contributed by atoms with Crippen LogP contribution in [0.5, 0.6) is 5.75 Å². The Morgan fingerprint density at radius 1 is 1.23 bits per heavy atom. The summed E-state index contributed by atoms with van der Waals surface area (Å²) in [5.41, 5.74) is 4.15. The van der Waals surface area contributed by atoms with E-state index < -0.39 is 11.6 Å². The maximum absolute atomic E-state index is 14.6. The molecule has 2 aromatic heterocycles. The Balaban J connectivity index is 1.39. The monoisotopic (exact) mass is 403 g/mol. The van der Waals surface area contributed by atoms with Gasteiger partial charge in [0.25, 0.3) is 0 Å². The molecule has 1 aliphatic carbocycles. The fourth-order valence-electron chi connectivity index (χ4n) is 4.82. The SMILES string of the molecule is Cn1cc2cc(-c3cnc4cc(C5CCNC6(CC6)C5)ccc4n3)c(O)c(F)c2n1. The molecule has 1 spiro atoms. The number of aryl methyl sites for hydroxylation is 1.